The molecule has 1 amide bonds. The van der Waals surface area contributed by atoms with Gasteiger partial charge in [0.2, 0.25) is 5.91 Å². The topological polar surface area (TPSA) is 90.1 Å². The van der Waals surface area contributed by atoms with Crippen LogP contribution >= 0.6 is 0 Å². The summed E-state index contributed by atoms with van der Waals surface area (Å²) in [5.74, 6) is -0.235. The molecule has 0 atom stereocenters. The molecule has 22 heavy (non-hydrogen) atoms. The Hall–Kier alpha value is -2.96. The van der Waals surface area contributed by atoms with Crippen molar-refractivity contribution in [2.24, 2.45) is 7.05 Å². The molecule has 0 saturated carbocycles. The van der Waals surface area contributed by atoms with Crippen molar-refractivity contribution in [3.8, 4) is 0 Å². The van der Waals surface area contributed by atoms with Gasteiger partial charge in [-0.2, -0.15) is 5.10 Å². The molecule has 114 valence electrons. The number of nitro groups is 1. The van der Waals surface area contributed by atoms with Gasteiger partial charge in [0.1, 0.15) is 0 Å². The zero-order valence-electron chi connectivity index (χ0n) is 12.3. The molecule has 7 heteroatoms. The Morgan fingerprint density at radius 2 is 2.09 bits per heavy atom. The third-order valence-corrected chi connectivity index (χ3v) is 3.32. The number of nitrogens with zero attached hydrogens (tertiary/aromatic N) is 3. The van der Waals surface area contributed by atoms with Crippen molar-refractivity contribution < 1.29 is 9.72 Å². The SMILES string of the molecule is Cc1c(CNC(=O)C=Cc2ccc([N+](=O)[O-])cc2)cnn1C. The highest BCUT2D eigenvalue weighted by molar-refractivity contribution is 5.91. The van der Waals surface area contributed by atoms with Crippen LogP contribution in [0.15, 0.2) is 36.5 Å². The van der Waals surface area contributed by atoms with E-state index in [1.807, 2.05) is 14.0 Å². The maximum Gasteiger partial charge on any atom is 0.269 e. The van der Waals surface area contributed by atoms with Crippen molar-refractivity contribution in [3.63, 3.8) is 0 Å². The lowest BCUT2D eigenvalue weighted by atomic mass is 10.2. The zero-order chi connectivity index (χ0) is 16.1. The van der Waals surface area contributed by atoms with Crippen molar-refractivity contribution in [3.05, 3.63) is 63.5 Å². The van der Waals surface area contributed by atoms with Crippen LogP contribution in [0.1, 0.15) is 16.8 Å². The fourth-order valence-electron chi connectivity index (χ4n) is 1.84. The van der Waals surface area contributed by atoms with E-state index in [1.165, 1.54) is 18.2 Å². The number of aryl methyl sites for hydroxylation is 1. The fourth-order valence-corrected chi connectivity index (χ4v) is 1.84. The number of benzene rings is 1. The summed E-state index contributed by atoms with van der Waals surface area (Å²) in [5, 5.41) is 17.4. The number of nitrogens with one attached hydrogen (secondary N) is 1. The summed E-state index contributed by atoms with van der Waals surface area (Å²) >= 11 is 0. The van der Waals surface area contributed by atoms with E-state index in [0.29, 0.717) is 6.54 Å². The van der Waals surface area contributed by atoms with Gasteiger partial charge in [-0.05, 0) is 30.7 Å². The molecule has 1 aromatic heterocycles. The summed E-state index contributed by atoms with van der Waals surface area (Å²) in [7, 11) is 1.84. The van der Waals surface area contributed by atoms with Crippen molar-refractivity contribution in [2.75, 3.05) is 0 Å². The van der Waals surface area contributed by atoms with Crippen LogP contribution in [0.5, 0.6) is 0 Å². The molecule has 0 aliphatic rings. The normalized spacial score (nSPS) is 10.8. The van der Waals surface area contributed by atoms with E-state index in [0.717, 1.165) is 16.8 Å². The number of nitro benzene ring substituents is 1. The Balaban J connectivity index is 1.91. The second kappa shape index (κ2) is 6.66. The largest absolute Gasteiger partial charge is 0.348 e. The molecule has 0 saturated heterocycles. The predicted molar refractivity (Wildman–Crippen MR) is 81.9 cm³/mol. The van der Waals surface area contributed by atoms with E-state index in [-0.39, 0.29) is 11.6 Å². The second-order valence-corrected chi connectivity index (χ2v) is 4.78. The highest BCUT2D eigenvalue weighted by Gasteiger charge is 2.05. The summed E-state index contributed by atoms with van der Waals surface area (Å²) in [6.45, 7) is 2.34. The van der Waals surface area contributed by atoms with Crippen LogP contribution in [-0.2, 0) is 18.4 Å². The van der Waals surface area contributed by atoms with Gasteiger partial charge in [-0.15, -0.1) is 0 Å². The third-order valence-electron chi connectivity index (χ3n) is 3.32. The third kappa shape index (κ3) is 3.78. The number of hydrogen-bond acceptors (Lipinski definition) is 4. The van der Waals surface area contributed by atoms with Gasteiger partial charge in [0.15, 0.2) is 0 Å². The molecule has 0 aliphatic heterocycles. The van der Waals surface area contributed by atoms with Crippen molar-refractivity contribution in [1.82, 2.24) is 15.1 Å². The van der Waals surface area contributed by atoms with Crippen molar-refractivity contribution >= 4 is 17.7 Å². The highest BCUT2D eigenvalue weighted by atomic mass is 16.6. The predicted octanol–water partition coefficient (Wildman–Crippen LogP) is 1.97. The number of hydrogen-bond donors (Lipinski definition) is 1. The number of rotatable bonds is 5. The monoisotopic (exact) mass is 300 g/mol. The van der Waals surface area contributed by atoms with Gasteiger partial charge in [-0.1, -0.05) is 0 Å². The average molecular weight is 300 g/mol. The van der Waals surface area contributed by atoms with E-state index in [2.05, 4.69) is 10.4 Å². The Morgan fingerprint density at radius 3 is 2.64 bits per heavy atom. The van der Waals surface area contributed by atoms with Crippen molar-refractivity contribution in [1.29, 1.82) is 0 Å². The molecule has 0 unspecified atom stereocenters. The molecule has 0 bridgehead atoms. The summed E-state index contributed by atoms with van der Waals surface area (Å²) < 4.78 is 1.74. The number of aromatic nitrogens is 2. The maximum atomic E-state index is 11.7. The fraction of sp³-hybridized carbons (Fsp3) is 0.200. The Kier molecular flexibility index (Phi) is 4.67. The van der Waals surface area contributed by atoms with Gasteiger partial charge in [0, 0.05) is 43.1 Å². The second-order valence-electron chi connectivity index (χ2n) is 4.78. The lowest BCUT2D eigenvalue weighted by molar-refractivity contribution is -0.384. The average Bonchev–Trinajstić information content (AvgIpc) is 2.83. The zero-order valence-corrected chi connectivity index (χ0v) is 12.3. The number of carbonyl (C=O) groups excluding carboxylic acids is 1. The maximum absolute atomic E-state index is 11.7. The minimum atomic E-state index is -0.462. The van der Waals surface area contributed by atoms with Crippen LogP contribution in [0.25, 0.3) is 6.08 Å². The summed E-state index contributed by atoms with van der Waals surface area (Å²) in [4.78, 5) is 21.8. The molecule has 0 fully saturated rings. The molecule has 1 heterocycles. The first kappa shape index (κ1) is 15.4. The first-order valence-electron chi connectivity index (χ1n) is 6.65. The lowest BCUT2D eigenvalue weighted by Gasteiger charge is -2.02. The van der Waals surface area contributed by atoms with E-state index in [4.69, 9.17) is 0 Å². The molecule has 1 aromatic carbocycles. The van der Waals surface area contributed by atoms with Crippen LogP contribution < -0.4 is 5.32 Å². The van der Waals surface area contributed by atoms with Crippen LogP contribution in [0.2, 0.25) is 0 Å². The Morgan fingerprint density at radius 1 is 1.41 bits per heavy atom. The molecular formula is C15H16N4O3. The van der Waals surface area contributed by atoms with E-state index < -0.39 is 4.92 Å². The highest BCUT2D eigenvalue weighted by Crippen LogP contribution is 2.12. The summed E-state index contributed by atoms with van der Waals surface area (Å²) in [6, 6.07) is 5.98. The minimum absolute atomic E-state index is 0.0219. The standard InChI is InChI=1S/C15H16N4O3/c1-11-13(10-17-18(11)2)9-16-15(20)8-5-12-3-6-14(7-4-12)19(21)22/h3-8,10H,9H2,1-2H3,(H,16,20). The molecular weight excluding hydrogens is 284 g/mol. The summed E-state index contributed by atoms with van der Waals surface area (Å²) in [6.07, 6.45) is 4.72. The first-order chi connectivity index (χ1) is 10.5. The Bertz CT molecular complexity index is 717. The molecule has 0 aliphatic carbocycles. The van der Waals surface area contributed by atoms with Crippen LogP contribution in [0.4, 0.5) is 5.69 Å². The van der Waals surface area contributed by atoms with Gasteiger partial charge in [-0.3, -0.25) is 19.6 Å². The molecule has 0 spiro atoms. The van der Waals surface area contributed by atoms with E-state index in [1.54, 1.807) is 29.1 Å². The molecule has 1 N–H and O–H groups in total. The minimum Gasteiger partial charge on any atom is -0.348 e. The van der Waals surface area contributed by atoms with Crippen molar-refractivity contribution in [2.45, 2.75) is 13.5 Å². The lowest BCUT2D eigenvalue weighted by Crippen LogP contribution is -2.20. The van der Waals surface area contributed by atoms with Gasteiger partial charge < -0.3 is 5.32 Å². The number of non-ortho nitro benzene ring substituents is 1. The van der Waals surface area contributed by atoms with Gasteiger partial charge in [0.25, 0.3) is 5.69 Å². The number of amides is 1. The smallest absolute Gasteiger partial charge is 0.269 e. The quantitative estimate of drug-likeness (QED) is 0.519. The molecule has 2 aromatic rings. The van der Waals surface area contributed by atoms with Crippen LogP contribution in [-0.4, -0.2) is 20.6 Å². The van der Waals surface area contributed by atoms with Crippen LogP contribution in [0, 0.1) is 17.0 Å². The van der Waals surface area contributed by atoms with Gasteiger partial charge in [-0.25, -0.2) is 0 Å². The summed E-state index contributed by atoms with van der Waals surface area (Å²) in [5.41, 5.74) is 2.70. The van der Waals surface area contributed by atoms with E-state index >= 15 is 0 Å². The van der Waals surface area contributed by atoms with Gasteiger partial charge in [0.05, 0.1) is 11.1 Å². The first-order valence-corrected chi connectivity index (χ1v) is 6.65. The molecule has 2 rings (SSSR count). The molecule has 7 nitrogen and oxygen atoms in total. The van der Waals surface area contributed by atoms with E-state index in [9.17, 15) is 14.9 Å². The van der Waals surface area contributed by atoms with Crippen LogP contribution in [0.3, 0.4) is 0 Å². The number of carbonyl (C=O) groups is 1. The Labute approximate surface area is 127 Å². The van der Waals surface area contributed by atoms with Gasteiger partial charge >= 0.3 is 0 Å². The molecule has 0 radical (unpaired) electrons.